The lowest BCUT2D eigenvalue weighted by molar-refractivity contribution is -0.131. The fourth-order valence-electron chi connectivity index (χ4n) is 2.08. The van der Waals surface area contributed by atoms with Gasteiger partial charge in [0, 0.05) is 25.3 Å². The van der Waals surface area contributed by atoms with Crippen molar-refractivity contribution in [3.05, 3.63) is 29.8 Å². The van der Waals surface area contributed by atoms with Gasteiger partial charge in [-0.05, 0) is 13.0 Å². The largest absolute Gasteiger partial charge is 0.347 e. The number of carbonyl (C=O) groups is 2. The summed E-state index contributed by atoms with van der Waals surface area (Å²) < 4.78 is 0. The Hall–Kier alpha value is -1.88. The number of nitrogens with zero attached hydrogens (tertiary/aromatic N) is 1. The standard InChI is InChI=1S/C13H17N3O2/c1-8(13(18)16(2)3)14-11-9-6-4-5-7-10(9)15-12(11)17/h4-8,11,14H,1-3H3,(H,15,17). The molecular formula is C13H17N3O2. The SMILES string of the molecule is CC(NC1C(=O)Nc2ccccc21)C(=O)N(C)C. The molecule has 1 aromatic carbocycles. The van der Waals surface area contributed by atoms with Crippen LogP contribution in [0, 0.1) is 0 Å². The zero-order valence-electron chi connectivity index (χ0n) is 10.7. The van der Waals surface area contributed by atoms with Crippen LogP contribution in [0.15, 0.2) is 24.3 Å². The number of anilines is 1. The zero-order valence-corrected chi connectivity index (χ0v) is 10.7. The number of nitrogens with one attached hydrogen (secondary N) is 2. The highest BCUT2D eigenvalue weighted by molar-refractivity contribution is 6.02. The molecule has 0 saturated carbocycles. The third-order valence-electron chi connectivity index (χ3n) is 3.02. The van der Waals surface area contributed by atoms with E-state index >= 15 is 0 Å². The monoisotopic (exact) mass is 247 g/mol. The van der Waals surface area contributed by atoms with E-state index < -0.39 is 12.1 Å². The minimum absolute atomic E-state index is 0.0489. The van der Waals surface area contributed by atoms with Crippen LogP contribution in [0.1, 0.15) is 18.5 Å². The van der Waals surface area contributed by atoms with E-state index in [1.807, 2.05) is 24.3 Å². The van der Waals surface area contributed by atoms with Gasteiger partial charge in [0.1, 0.15) is 6.04 Å². The molecule has 0 radical (unpaired) electrons. The van der Waals surface area contributed by atoms with Gasteiger partial charge in [-0.25, -0.2) is 0 Å². The predicted molar refractivity (Wildman–Crippen MR) is 69.1 cm³/mol. The maximum Gasteiger partial charge on any atom is 0.246 e. The quantitative estimate of drug-likeness (QED) is 0.828. The van der Waals surface area contributed by atoms with Gasteiger partial charge >= 0.3 is 0 Å². The van der Waals surface area contributed by atoms with Crippen LogP contribution in [0.25, 0.3) is 0 Å². The van der Waals surface area contributed by atoms with Crippen LogP contribution >= 0.6 is 0 Å². The molecule has 2 atom stereocenters. The van der Waals surface area contributed by atoms with Gasteiger partial charge in [-0.2, -0.15) is 0 Å². The first kappa shape index (κ1) is 12.6. The number of fused-ring (bicyclic) bond motifs is 1. The molecule has 2 amide bonds. The van der Waals surface area contributed by atoms with E-state index in [1.54, 1.807) is 21.0 Å². The first-order valence-corrected chi connectivity index (χ1v) is 5.87. The van der Waals surface area contributed by atoms with Crippen molar-refractivity contribution in [3.8, 4) is 0 Å². The van der Waals surface area contributed by atoms with E-state index in [4.69, 9.17) is 0 Å². The second-order valence-corrected chi connectivity index (χ2v) is 4.63. The van der Waals surface area contributed by atoms with Crippen LogP contribution in [0.3, 0.4) is 0 Å². The molecule has 1 heterocycles. The van der Waals surface area contributed by atoms with Crippen LogP contribution in [-0.2, 0) is 9.59 Å². The number of hydrogen-bond acceptors (Lipinski definition) is 3. The third-order valence-corrected chi connectivity index (χ3v) is 3.02. The van der Waals surface area contributed by atoms with E-state index in [0.717, 1.165) is 11.3 Å². The van der Waals surface area contributed by atoms with Crippen molar-refractivity contribution in [2.45, 2.75) is 19.0 Å². The maximum atomic E-state index is 11.9. The van der Waals surface area contributed by atoms with Crippen molar-refractivity contribution in [3.63, 3.8) is 0 Å². The number of hydrogen-bond donors (Lipinski definition) is 2. The molecule has 1 aliphatic rings. The molecule has 18 heavy (non-hydrogen) atoms. The lowest BCUT2D eigenvalue weighted by Gasteiger charge is -2.21. The lowest BCUT2D eigenvalue weighted by Crippen LogP contribution is -2.44. The number of para-hydroxylation sites is 1. The summed E-state index contributed by atoms with van der Waals surface area (Å²) in [6.45, 7) is 1.76. The van der Waals surface area contributed by atoms with Gasteiger partial charge < -0.3 is 10.2 Å². The van der Waals surface area contributed by atoms with Gasteiger partial charge in [0.15, 0.2) is 0 Å². The third kappa shape index (κ3) is 2.22. The van der Waals surface area contributed by atoms with E-state index in [1.165, 1.54) is 4.90 Å². The molecule has 5 heteroatoms. The summed E-state index contributed by atoms with van der Waals surface area (Å²) in [6, 6.07) is 6.63. The summed E-state index contributed by atoms with van der Waals surface area (Å²) in [5.41, 5.74) is 1.70. The molecule has 0 fully saturated rings. The van der Waals surface area contributed by atoms with Crippen molar-refractivity contribution in [2.75, 3.05) is 19.4 Å². The Balaban J connectivity index is 2.15. The molecule has 2 unspecified atom stereocenters. The fraction of sp³-hybridized carbons (Fsp3) is 0.385. The molecule has 2 N–H and O–H groups in total. The Morgan fingerprint density at radius 3 is 2.72 bits per heavy atom. The molecule has 0 aliphatic carbocycles. The van der Waals surface area contributed by atoms with Crippen LogP contribution in [-0.4, -0.2) is 36.9 Å². The molecule has 0 bridgehead atoms. The summed E-state index contributed by atoms with van der Waals surface area (Å²) in [7, 11) is 3.40. The Morgan fingerprint density at radius 1 is 1.39 bits per heavy atom. The number of benzene rings is 1. The summed E-state index contributed by atoms with van der Waals surface area (Å²) >= 11 is 0. The number of likely N-dealkylation sites (N-methyl/N-ethyl adjacent to an activating group) is 1. The van der Waals surface area contributed by atoms with E-state index in [2.05, 4.69) is 10.6 Å². The fourth-order valence-corrected chi connectivity index (χ4v) is 2.08. The van der Waals surface area contributed by atoms with Crippen molar-refractivity contribution < 1.29 is 9.59 Å². The van der Waals surface area contributed by atoms with Crippen molar-refractivity contribution in [1.82, 2.24) is 10.2 Å². The van der Waals surface area contributed by atoms with E-state index in [-0.39, 0.29) is 11.8 Å². The average molecular weight is 247 g/mol. The van der Waals surface area contributed by atoms with Crippen LogP contribution in [0.2, 0.25) is 0 Å². The second-order valence-electron chi connectivity index (χ2n) is 4.63. The summed E-state index contributed by atoms with van der Waals surface area (Å²) in [4.78, 5) is 25.2. The molecule has 96 valence electrons. The van der Waals surface area contributed by atoms with Gasteiger partial charge in [0.2, 0.25) is 11.8 Å². The Kier molecular flexibility index (Phi) is 3.34. The average Bonchev–Trinajstić information content (AvgIpc) is 2.65. The Bertz CT molecular complexity index is 485. The van der Waals surface area contributed by atoms with Gasteiger partial charge in [-0.3, -0.25) is 14.9 Å². The number of carbonyl (C=O) groups excluding carboxylic acids is 2. The molecule has 1 aromatic rings. The Morgan fingerprint density at radius 2 is 2.06 bits per heavy atom. The highest BCUT2D eigenvalue weighted by Gasteiger charge is 2.32. The summed E-state index contributed by atoms with van der Waals surface area (Å²) in [6.07, 6.45) is 0. The van der Waals surface area contributed by atoms with E-state index in [9.17, 15) is 9.59 Å². The Labute approximate surface area is 106 Å². The highest BCUT2D eigenvalue weighted by Crippen LogP contribution is 2.30. The van der Waals surface area contributed by atoms with Gasteiger partial charge in [0.05, 0.1) is 6.04 Å². The zero-order chi connectivity index (χ0) is 13.3. The van der Waals surface area contributed by atoms with Crippen LogP contribution in [0.5, 0.6) is 0 Å². The minimum Gasteiger partial charge on any atom is -0.347 e. The highest BCUT2D eigenvalue weighted by atomic mass is 16.2. The van der Waals surface area contributed by atoms with Gasteiger partial charge in [0.25, 0.3) is 0 Å². The number of rotatable bonds is 3. The molecule has 1 aliphatic heterocycles. The van der Waals surface area contributed by atoms with Gasteiger partial charge in [-0.15, -0.1) is 0 Å². The van der Waals surface area contributed by atoms with E-state index in [0.29, 0.717) is 0 Å². The molecule has 2 rings (SSSR count). The second kappa shape index (κ2) is 4.78. The summed E-state index contributed by atoms with van der Waals surface area (Å²) in [5, 5.41) is 5.86. The van der Waals surface area contributed by atoms with Crippen LogP contribution < -0.4 is 10.6 Å². The molecule has 0 saturated heterocycles. The topological polar surface area (TPSA) is 61.4 Å². The predicted octanol–water partition coefficient (Wildman–Crippen LogP) is 0.746. The molecule has 0 spiro atoms. The summed E-state index contributed by atoms with van der Waals surface area (Å²) in [5.74, 6) is -0.165. The van der Waals surface area contributed by atoms with Gasteiger partial charge in [-0.1, -0.05) is 18.2 Å². The van der Waals surface area contributed by atoms with Crippen molar-refractivity contribution in [1.29, 1.82) is 0 Å². The van der Waals surface area contributed by atoms with Crippen LogP contribution in [0.4, 0.5) is 5.69 Å². The van der Waals surface area contributed by atoms with Crippen molar-refractivity contribution >= 4 is 17.5 Å². The first-order chi connectivity index (χ1) is 8.50. The normalized spacial score (nSPS) is 19.1. The molecular weight excluding hydrogens is 230 g/mol. The lowest BCUT2D eigenvalue weighted by atomic mass is 10.1. The maximum absolute atomic E-state index is 11.9. The molecule has 5 nitrogen and oxygen atoms in total. The first-order valence-electron chi connectivity index (χ1n) is 5.87. The van der Waals surface area contributed by atoms with Crippen molar-refractivity contribution in [2.24, 2.45) is 0 Å². The smallest absolute Gasteiger partial charge is 0.246 e. The number of amides is 2. The minimum atomic E-state index is -0.458. The molecule has 0 aromatic heterocycles.